The summed E-state index contributed by atoms with van der Waals surface area (Å²) in [5.74, 6) is -1.52. The first-order chi connectivity index (χ1) is 13.7. The number of rotatable bonds is 8. The second kappa shape index (κ2) is 10.2. The minimum Gasteiger partial charge on any atom is -0.467 e. The summed E-state index contributed by atoms with van der Waals surface area (Å²) in [6.45, 7) is 6.97. The average Bonchev–Trinajstić information content (AvgIpc) is 3.11. The summed E-state index contributed by atoms with van der Waals surface area (Å²) in [7, 11) is -2.51. The Bertz CT molecular complexity index is 724. The Morgan fingerprint density at radius 2 is 1.66 bits per heavy atom. The summed E-state index contributed by atoms with van der Waals surface area (Å²) < 4.78 is 35.2. The van der Waals surface area contributed by atoms with Gasteiger partial charge < -0.3 is 18.5 Å². The average molecular weight is 427 g/mol. The lowest BCUT2D eigenvalue weighted by atomic mass is 10.2. The predicted molar refractivity (Wildman–Crippen MR) is 107 cm³/mol. The molecule has 0 unspecified atom stereocenters. The molecule has 1 aromatic carbocycles. The van der Waals surface area contributed by atoms with Crippen LogP contribution >= 0.6 is 7.60 Å². The van der Waals surface area contributed by atoms with Gasteiger partial charge in [-0.3, -0.25) is 9.46 Å². The maximum absolute atomic E-state index is 13.6. The standard InChI is InChI=1S/C20H30NO7P/c1-14(2)27-29(24,28-15(3)4)18-12-11-17(19(22)25-5)21(18)20(23)26-13-16-9-7-6-8-10-16/h6-10,14-15,17-18H,11-13H2,1-5H3/t17-,18-/m0/s1. The van der Waals surface area contributed by atoms with Crippen LogP contribution < -0.4 is 0 Å². The molecule has 0 aromatic heterocycles. The van der Waals surface area contributed by atoms with Gasteiger partial charge in [-0.15, -0.1) is 0 Å². The number of esters is 1. The third-order valence-corrected chi connectivity index (χ3v) is 6.99. The monoisotopic (exact) mass is 427 g/mol. The van der Waals surface area contributed by atoms with Crippen molar-refractivity contribution < 1.29 is 32.7 Å². The van der Waals surface area contributed by atoms with Crippen LogP contribution in [0.4, 0.5) is 4.79 Å². The topological polar surface area (TPSA) is 91.4 Å². The van der Waals surface area contributed by atoms with Crippen molar-refractivity contribution in [2.75, 3.05) is 7.11 Å². The third kappa shape index (κ3) is 6.04. The molecule has 0 radical (unpaired) electrons. The smallest absolute Gasteiger partial charge is 0.411 e. The Labute approximate surface area is 172 Å². The van der Waals surface area contributed by atoms with Gasteiger partial charge in [0.15, 0.2) is 0 Å². The van der Waals surface area contributed by atoms with Gasteiger partial charge in [-0.05, 0) is 46.1 Å². The van der Waals surface area contributed by atoms with E-state index in [4.69, 9.17) is 18.5 Å². The van der Waals surface area contributed by atoms with Crippen LogP contribution in [0.1, 0.15) is 46.1 Å². The largest absolute Gasteiger partial charge is 0.467 e. The van der Waals surface area contributed by atoms with Crippen LogP contribution in [0.15, 0.2) is 30.3 Å². The molecular weight excluding hydrogens is 397 g/mol. The molecule has 29 heavy (non-hydrogen) atoms. The molecule has 1 saturated heterocycles. The van der Waals surface area contributed by atoms with Crippen molar-refractivity contribution in [2.24, 2.45) is 0 Å². The van der Waals surface area contributed by atoms with E-state index in [0.29, 0.717) is 0 Å². The fourth-order valence-electron chi connectivity index (χ4n) is 3.27. The SMILES string of the molecule is COC(=O)[C@@H]1CC[C@H](P(=O)(OC(C)C)OC(C)C)N1C(=O)OCc1ccccc1. The molecule has 1 heterocycles. The van der Waals surface area contributed by atoms with Gasteiger partial charge >= 0.3 is 19.7 Å². The molecular formula is C20H30NO7P. The van der Waals surface area contributed by atoms with Crippen LogP contribution in [0.2, 0.25) is 0 Å². The molecule has 1 aromatic rings. The molecule has 162 valence electrons. The van der Waals surface area contributed by atoms with Crippen molar-refractivity contribution in [1.82, 2.24) is 4.90 Å². The summed E-state index contributed by atoms with van der Waals surface area (Å²) in [6, 6.07) is 8.26. The van der Waals surface area contributed by atoms with Gasteiger partial charge in [-0.25, -0.2) is 9.59 Å². The van der Waals surface area contributed by atoms with Crippen molar-refractivity contribution >= 4 is 19.7 Å². The third-order valence-electron chi connectivity index (χ3n) is 4.32. The van der Waals surface area contributed by atoms with Gasteiger partial charge in [0.25, 0.3) is 0 Å². The fourth-order valence-corrected chi connectivity index (χ4v) is 5.80. The molecule has 0 bridgehead atoms. The molecule has 2 atom stereocenters. The summed E-state index contributed by atoms with van der Waals surface area (Å²) >= 11 is 0. The Kier molecular flexibility index (Phi) is 8.25. The van der Waals surface area contributed by atoms with Crippen LogP contribution in [0.25, 0.3) is 0 Å². The summed E-state index contributed by atoms with van der Waals surface area (Å²) in [5.41, 5.74) is 0.797. The zero-order valence-electron chi connectivity index (χ0n) is 17.6. The van der Waals surface area contributed by atoms with E-state index in [0.717, 1.165) is 5.56 Å². The lowest BCUT2D eigenvalue weighted by Crippen LogP contribution is -2.46. The molecule has 8 nitrogen and oxygen atoms in total. The number of likely N-dealkylation sites (tertiary alicyclic amines) is 1. The van der Waals surface area contributed by atoms with Gasteiger partial charge in [-0.1, -0.05) is 30.3 Å². The molecule has 9 heteroatoms. The molecule has 0 N–H and O–H groups in total. The summed E-state index contributed by atoms with van der Waals surface area (Å²) in [6.07, 6.45) is -0.980. The molecule has 2 rings (SSSR count). The van der Waals surface area contributed by atoms with Gasteiger partial charge in [0.1, 0.15) is 18.4 Å². The minimum atomic E-state index is -3.76. The quantitative estimate of drug-likeness (QED) is 0.450. The fraction of sp³-hybridized carbons (Fsp3) is 0.600. The maximum Gasteiger partial charge on any atom is 0.411 e. The lowest BCUT2D eigenvalue weighted by molar-refractivity contribution is -0.145. The highest BCUT2D eigenvalue weighted by Crippen LogP contribution is 2.60. The van der Waals surface area contributed by atoms with Crippen LogP contribution in [0.3, 0.4) is 0 Å². The normalized spacial score (nSPS) is 19.6. The number of hydrogen-bond acceptors (Lipinski definition) is 7. The Hall–Kier alpha value is -1.89. The van der Waals surface area contributed by atoms with E-state index in [1.54, 1.807) is 27.7 Å². The van der Waals surface area contributed by atoms with E-state index in [-0.39, 0.29) is 31.7 Å². The Morgan fingerprint density at radius 3 is 2.17 bits per heavy atom. The Morgan fingerprint density at radius 1 is 1.07 bits per heavy atom. The number of nitrogens with zero attached hydrogens (tertiary/aromatic N) is 1. The van der Waals surface area contributed by atoms with E-state index in [2.05, 4.69) is 0 Å². The zero-order valence-corrected chi connectivity index (χ0v) is 18.5. The van der Waals surface area contributed by atoms with Gasteiger partial charge in [0.2, 0.25) is 0 Å². The van der Waals surface area contributed by atoms with Gasteiger partial charge in [-0.2, -0.15) is 0 Å². The molecule has 0 spiro atoms. The van der Waals surface area contributed by atoms with E-state index in [9.17, 15) is 14.2 Å². The molecule has 0 aliphatic carbocycles. The van der Waals surface area contributed by atoms with Crippen molar-refractivity contribution in [3.8, 4) is 0 Å². The molecule has 0 saturated carbocycles. The number of benzene rings is 1. The first-order valence-electron chi connectivity index (χ1n) is 9.71. The number of methoxy groups -OCH3 is 1. The molecule has 1 fully saturated rings. The van der Waals surface area contributed by atoms with Crippen molar-refractivity contribution in [3.63, 3.8) is 0 Å². The van der Waals surface area contributed by atoms with Gasteiger partial charge in [0, 0.05) is 0 Å². The molecule has 1 aliphatic rings. The lowest BCUT2D eigenvalue weighted by Gasteiger charge is -2.34. The first kappa shape index (κ1) is 23.4. The summed E-state index contributed by atoms with van der Waals surface area (Å²) in [5, 5.41) is 0. The van der Waals surface area contributed by atoms with Crippen molar-refractivity contribution in [2.45, 2.75) is 71.2 Å². The second-order valence-electron chi connectivity index (χ2n) is 7.39. The van der Waals surface area contributed by atoms with Crippen molar-refractivity contribution in [1.29, 1.82) is 0 Å². The minimum absolute atomic E-state index is 0.0250. The van der Waals surface area contributed by atoms with Crippen LogP contribution in [-0.4, -0.2) is 48.1 Å². The van der Waals surface area contributed by atoms with Crippen LogP contribution in [0, 0.1) is 0 Å². The maximum atomic E-state index is 13.6. The van der Waals surface area contributed by atoms with E-state index < -0.39 is 31.5 Å². The van der Waals surface area contributed by atoms with E-state index in [1.165, 1.54) is 12.0 Å². The number of amides is 1. The predicted octanol–water partition coefficient (Wildman–Crippen LogP) is 4.33. The summed E-state index contributed by atoms with van der Waals surface area (Å²) in [4.78, 5) is 26.4. The highest BCUT2D eigenvalue weighted by molar-refractivity contribution is 7.54. The number of ether oxygens (including phenoxy) is 2. The van der Waals surface area contributed by atoms with Crippen LogP contribution in [-0.2, 0) is 34.5 Å². The number of carbonyl (C=O) groups is 2. The first-order valence-corrected chi connectivity index (χ1v) is 11.3. The van der Waals surface area contributed by atoms with Gasteiger partial charge in [0.05, 0.1) is 19.3 Å². The highest BCUT2D eigenvalue weighted by atomic mass is 31.2. The second-order valence-corrected chi connectivity index (χ2v) is 9.49. The number of hydrogen-bond donors (Lipinski definition) is 0. The highest BCUT2D eigenvalue weighted by Gasteiger charge is 2.53. The number of carbonyl (C=O) groups excluding carboxylic acids is 2. The van der Waals surface area contributed by atoms with Crippen molar-refractivity contribution in [3.05, 3.63) is 35.9 Å². The van der Waals surface area contributed by atoms with E-state index >= 15 is 0 Å². The molecule has 1 amide bonds. The van der Waals surface area contributed by atoms with Crippen LogP contribution in [0.5, 0.6) is 0 Å². The zero-order chi connectivity index (χ0) is 21.6. The Balaban J connectivity index is 2.29. The van der Waals surface area contributed by atoms with E-state index in [1.807, 2.05) is 30.3 Å². The molecule has 1 aliphatic heterocycles.